The highest BCUT2D eigenvalue weighted by Gasteiger charge is 2.09. The molecule has 0 bridgehead atoms. The molecule has 1 rings (SSSR count). The lowest BCUT2D eigenvalue weighted by Gasteiger charge is -2.26. The molecule has 0 unspecified atom stereocenters. The fraction of sp³-hybridized carbons (Fsp3) is 0.727. The predicted molar refractivity (Wildman–Crippen MR) is 74.7 cm³/mol. The molecule has 0 radical (unpaired) electrons. The number of hydrogen-bond acceptors (Lipinski definition) is 3. The minimum absolute atomic E-state index is 0.678. The van der Waals surface area contributed by atoms with Crippen molar-refractivity contribution in [2.45, 2.75) is 0 Å². The minimum atomic E-state index is 0.678. The van der Waals surface area contributed by atoms with Gasteiger partial charge < -0.3 is 15.4 Å². The Balaban J connectivity index is 2.12. The van der Waals surface area contributed by atoms with E-state index in [0.717, 1.165) is 49.8 Å². The smallest absolute Gasteiger partial charge is 0.191 e. The van der Waals surface area contributed by atoms with Crippen LogP contribution in [0.15, 0.2) is 16.1 Å². The Labute approximate surface area is 111 Å². The molecule has 0 spiro atoms. The molecule has 5 nitrogen and oxygen atoms in total. The van der Waals surface area contributed by atoms with Gasteiger partial charge in [0.25, 0.3) is 0 Å². The molecule has 0 aromatic carbocycles. The average molecular weight is 305 g/mol. The van der Waals surface area contributed by atoms with Gasteiger partial charge in [-0.25, -0.2) is 0 Å². The second-order valence-electron chi connectivity index (χ2n) is 3.82. The molecule has 6 heteroatoms. The van der Waals surface area contributed by atoms with E-state index in [-0.39, 0.29) is 0 Å². The van der Waals surface area contributed by atoms with E-state index in [1.165, 1.54) is 0 Å². The van der Waals surface area contributed by atoms with Gasteiger partial charge in [-0.3, -0.25) is 9.89 Å². The highest BCUT2D eigenvalue weighted by atomic mass is 79.9. The van der Waals surface area contributed by atoms with Gasteiger partial charge in [0.1, 0.15) is 0 Å². The Morgan fingerprint density at radius 2 is 2.12 bits per heavy atom. The summed E-state index contributed by atoms with van der Waals surface area (Å²) in [5.41, 5.74) is 0. The van der Waals surface area contributed by atoms with Crippen molar-refractivity contribution in [3.63, 3.8) is 0 Å². The summed E-state index contributed by atoms with van der Waals surface area (Å²) >= 11 is 3.30. The first-order valence-electron chi connectivity index (χ1n) is 5.80. The molecule has 17 heavy (non-hydrogen) atoms. The summed E-state index contributed by atoms with van der Waals surface area (Å²) in [7, 11) is 1.76. The van der Waals surface area contributed by atoms with E-state index in [2.05, 4.69) is 43.0 Å². The molecule has 1 saturated heterocycles. The maximum Gasteiger partial charge on any atom is 0.191 e. The third-order valence-corrected chi connectivity index (χ3v) is 2.78. The summed E-state index contributed by atoms with van der Waals surface area (Å²) in [5, 5.41) is 6.42. The summed E-state index contributed by atoms with van der Waals surface area (Å²) in [6, 6.07) is 0. The fourth-order valence-corrected chi connectivity index (χ4v) is 1.70. The molecule has 98 valence electrons. The molecule has 1 aliphatic heterocycles. The van der Waals surface area contributed by atoms with Crippen molar-refractivity contribution in [1.82, 2.24) is 15.5 Å². The van der Waals surface area contributed by atoms with Crippen molar-refractivity contribution < 1.29 is 4.74 Å². The van der Waals surface area contributed by atoms with Crippen LogP contribution >= 0.6 is 15.9 Å². The van der Waals surface area contributed by atoms with Crippen LogP contribution in [0.25, 0.3) is 0 Å². The van der Waals surface area contributed by atoms with Crippen LogP contribution in [-0.2, 0) is 4.74 Å². The van der Waals surface area contributed by atoms with Crippen LogP contribution in [0, 0.1) is 0 Å². The lowest BCUT2D eigenvalue weighted by atomic mass is 10.4. The predicted octanol–water partition coefficient (Wildman–Crippen LogP) is 0.392. The Morgan fingerprint density at radius 3 is 2.71 bits per heavy atom. The summed E-state index contributed by atoms with van der Waals surface area (Å²) in [6.45, 7) is 10.1. The maximum absolute atomic E-state index is 5.30. The highest BCUT2D eigenvalue weighted by Crippen LogP contribution is 1.96. The van der Waals surface area contributed by atoms with Gasteiger partial charge in [-0.2, -0.15) is 0 Å². The minimum Gasteiger partial charge on any atom is -0.379 e. The van der Waals surface area contributed by atoms with Crippen molar-refractivity contribution in [2.24, 2.45) is 4.99 Å². The van der Waals surface area contributed by atoms with Crippen LogP contribution in [0.2, 0.25) is 0 Å². The van der Waals surface area contributed by atoms with Gasteiger partial charge in [-0.05, 0) is 0 Å². The van der Waals surface area contributed by atoms with E-state index in [9.17, 15) is 0 Å². The highest BCUT2D eigenvalue weighted by molar-refractivity contribution is 9.11. The average Bonchev–Trinajstić information content (AvgIpc) is 2.34. The Kier molecular flexibility index (Phi) is 7.23. The van der Waals surface area contributed by atoms with Gasteiger partial charge in [0.05, 0.1) is 13.2 Å². The van der Waals surface area contributed by atoms with E-state index in [4.69, 9.17) is 4.74 Å². The Morgan fingerprint density at radius 1 is 1.41 bits per heavy atom. The molecule has 0 aromatic rings. The number of halogens is 1. The lowest BCUT2D eigenvalue weighted by molar-refractivity contribution is 0.0389. The van der Waals surface area contributed by atoms with Crippen LogP contribution in [0.3, 0.4) is 0 Å². The number of nitrogens with zero attached hydrogens (tertiary/aromatic N) is 2. The SMILES string of the molecule is C=C(Br)CNC(=NC)NCCN1CCOCC1. The second-order valence-corrected chi connectivity index (χ2v) is 4.95. The monoisotopic (exact) mass is 304 g/mol. The van der Waals surface area contributed by atoms with Crippen molar-refractivity contribution in [2.75, 3.05) is 53.0 Å². The molecule has 0 amide bonds. The largest absolute Gasteiger partial charge is 0.379 e. The summed E-state index contributed by atoms with van der Waals surface area (Å²) in [5.74, 6) is 0.804. The van der Waals surface area contributed by atoms with Gasteiger partial charge in [0, 0.05) is 44.3 Å². The third kappa shape index (κ3) is 6.65. The summed E-state index contributed by atoms with van der Waals surface area (Å²) in [4.78, 5) is 6.51. The standard InChI is InChI=1S/C11H21BrN4O/c1-10(12)9-15-11(13-2)14-3-4-16-5-7-17-8-6-16/h1,3-9H2,2H3,(H2,13,14,15). The van der Waals surface area contributed by atoms with Crippen molar-refractivity contribution in [3.8, 4) is 0 Å². The first-order chi connectivity index (χ1) is 8.22. The molecule has 1 fully saturated rings. The number of aliphatic imine (C=N–C) groups is 1. The molecule has 1 heterocycles. The number of guanidine groups is 1. The number of morpholine rings is 1. The van der Waals surface area contributed by atoms with Crippen LogP contribution < -0.4 is 10.6 Å². The van der Waals surface area contributed by atoms with Crippen molar-refractivity contribution in [1.29, 1.82) is 0 Å². The first kappa shape index (κ1) is 14.5. The van der Waals surface area contributed by atoms with E-state index < -0.39 is 0 Å². The summed E-state index contributed by atoms with van der Waals surface area (Å²) in [6.07, 6.45) is 0. The summed E-state index contributed by atoms with van der Waals surface area (Å²) < 4.78 is 6.21. The van der Waals surface area contributed by atoms with Gasteiger partial charge in [-0.15, -0.1) is 0 Å². The van der Waals surface area contributed by atoms with Gasteiger partial charge in [0.15, 0.2) is 5.96 Å². The zero-order chi connectivity index (χ0) is 12.5. The van der Waals surface area contributed by atoms with Crippen LogP contribution in [-0.4, -0.2) is 63.8 Å². The molecular weight excluding hydrogens is 284 g/mol. The molecule has 2 N–H and O–H groups in total. The first-order valence-corrected chi connectivity index (χ1v) is 6.59. The van der Waals surface area contributed by atoms with Gasteiger partial charge in [-0.1, -0.05) is 22.5 Å². The van der Waals surface area contributed by atoms with Crippen molar-refractivity contribution in [3.05, 3.63) is 11.1 Å². The maximum atomic E-state index is 5.30. The van der Waals surface area contributed by atoms with Crippen LogP contribution in [0.1, 0.15) is 0 Å². The number of hydrogen-bond donors (Lipinski definition) is 2. The van der Waals surface area contributed by atoms with E-state index in [1.54, 1.807) is 7.05 Å². The zero-order valence-electron chi connectivity index (χ0n) is 10.3. The van der Waals surface area contributed by atoms with Gasteiger partial charge >= 0.3 is 0 Å². The Bertz CT molecular complexity index is 264. The number of ether oxygens (including phenoxy) is 1. The van der Waals surface area contributed by atoms with Crippen molar-refractivity contribution >= 4 is 21.9 Å². The van der Waals surface area contributed by atoms with E-state index in [0.29, 0.717) is 6.54 Å². The molecule has 0 saturated carbocycles. The molecule has 0 aliphatic carbocycles. The Hall–Kier alpha value is -0.590. The molecule has 0 atom stereocenters. The van der Waals surface area contributed by atoms with Gasteiger partial charge in [0.2, 0.25) is 0 Å². The number of rotatable bonds is 5. The molecule has 0 aromatic heterocycles. The van der Waals surface area contributed by atoms with E-state index in [1.807, 2.05) is 0 Å². The molecular formula is C11H21BrN4O. The number of nitrogens with one attached hydrogen (secondary N) is 2. The lowest BCUT2D eigenvalue weighted by Crippen LogP contribution is -2.44. The van der Waals surface area contributed by atoms with E-state index >= 15 is 0 Å². The topological polar surface area (TPSA) is 48.9 Å². The van der Waals surface area contributed by atoms with Crippen LogP contribution in [0.5, 0.6) is 0 Å². The quantitative estimate of drug-likeness (QED) is 0.570. The molecule has 1 aliphatic rings. The van der Waals surface area contributed by atoms with Crippen LogP contribution in [0.4, 0.5) is 0 Å². The third-order valence-electron chi connectivity index (χ3n) is 2.50. The normalized spacial score (nSPS) is 17.9. The second kappa shape index (κ2) is 8.49. The zero-order valence-corrected chi connectivity index (χ0v) is 11.9. The fourth-order valence-electron chi connectivity index (χ4n) is 1.56.